The van der Waals surface area contributed by atoms with Crippen molar-refractivity contribution in [3.8, 4) is 11.6 Å². The fourth-order valence-corrected chi connectivity index (χ4v) is 1.57. The van der Waals surface area contributed by atoms with E-state index >= 15 is 0 Å². The summed E-state index contributed by atoms with van der Waals surface area (Å²) in [6.07, 6.45) is 2.08. The van der Waals surface area contributed by atoms with Crippen molar-refractivity contribution in [1.29, 1.82) is 0 Å². The molecule has 1 aromatic carbocycles. The van der Waals surface area contributed by atoms with Crippen molar-refractivity contribution in [3.63, 3.8) is 0 Å². The maximum absolute atomic E-state index is 13.5. The fraction of sp³-hybridized carbons (Fsp3) is 0. The number of aromatic nitrogens is 1. The van der Waals surface area contributed by atoms with Gasteiger partial charge in [0.15, 0.2) is 17.9 Å². The Morgan fingerprint density at radius 3 is 2.88 bits per heavy atom. The molecule has 1 heterocycles. The quantitative estimate of drug-likeness (QED) is 0.813. The van der Waals surface area contributed by atoms with E-state index in [1.807, 2.05) is 0 Å². The van der Waals surface area contributed by atoms with Crippen LogP contribution in [0.3, 0.4) is 0 Å². The second-order valence-electron chi connectivity index (χ2n) is 3.19. The summed E-state index contributed by atoms with van der Waals surface area (Å²) in [7, 11) is 0. The smallest absolute Gasteiger partial charge is 0.229 e. The number of carbonyl (C=O) groups excluding carboxylic acids is 1. The molecule has 0 spiro atoms. The number of benzene rings is 1. The van der Waals surface area contributed by atoms with Gasteiger partial charge in [-0.15, -0.1) is 0 Å². The molecule has 0 saturated carbocycles. The lowest BCUT2D eigenvalue weighted by Gasteiger charge is -2.07. The van der Waals surface area contributed by atoms with E-state index in [1.54, 1.807) is 18.2 Å². The van der Waals surface area contributed by atoms with Crippen molar-refractivity contribution < 1.29 is 13.9 Å². The van der Waals surface area contributed by atoms with Crippen molar-refractivity contribution in [2.45, 2.75) is 0 Å². The van der Waals surface area contributed by atoms with Gasteiger partial charge in [0.2, 0.25) is 5.88 Å². The van der Waals surface area contributed by atoms with Gasteiger partial charge in [0.25, 0.3) is 0 Å². The molecule has 86 valence electrons. The van der Waals surface area contributed by atoms with Gasteiger partial charge in [0.1, 0.15) is 0 Å². The largest absolute Gasteiger partial charge is 0.435 e. The SMILES string of the molecule is O=Cc1cccnc1Oc1ccc(Br)cc1F. The highest BCUT2D eigenvalue weighted by Crippen LogP contribution is 2.26. The highest BCUT2D eigenvalue weighted by Gasteiger charge is 2.09. The first-order valence-corrected chi connectivity index (χ1v) is 5.53. The number of nitrogens with zero attached hydrogens (tertiary/aromatic N) is 1. The highest BCUT2D eigenvalue weighted by atomic mass is 79.9. The van der Waals surface area contributed by atoms with Gasteiger partial charge in [-0.3, -0.25) is 4.79 Å². The lowest BCUT2D eigenvalue weighted by Crippen LogP contribution is -1.95. The lowest BCUT2D eigenvalue weighted by atomic mass is 10.3. The summed E-state index contributed by atoms with van der Waals surface area (Å²) in [5.74, 6) is -0.416. The van der Waals surface area contributed by atoms with Gasteiger partial charge in [0.05, 0.1) is 5.56 Å². The van der Waals surface area contributed by atoms with Crippen molar-refractivity contribution in [2.24, 2.45) is 0 Å². The van der Waals surface area contributed by atoms with E-state index in [0.29, 0.717) is 10.8 Å². The van der Waals surface area contributed by atoms with Crippen LogP contribution in [0, 0.1) is 5.82 Å². The normalized spacial score (nSPS) is 10.0. The van der Waals surface area contributed by atoms with E-state index in [-0.39, 0.29) is 17.2 Å². The first-order chi connectivity index (χ1) is 8.20. The number of aldehydes is 1. The summed E-state index contributed by atoms with van der Waals surface area (Å²) >= 11 is 3.14. The standard InChI is InChI=1S/C12H7BrFNO2/c13-9-3-4-11(10(14)6-9)17-12-8(7-16)2-1-5-15-12/h1-7H. The molecule has 0 bridgehead atoms. The number of rotatable bonds is 3. The molecular formula is C12H7BrFNO2. The Hall–Kier alpha value is -1.75. The summed E-state index contributed by atoms with van der Waals surface area (Å²) in [6.45, 7) is 0. The molecule has 3 nitrogen and oxygen atoms in total. The summed E-state index contributed by atoms with van der Waals surface area (Å²) in [5.41, 5.74) is 0.273. The molecule has 0 aliphatic rings. The Morgan fingerprint density at radius 1 is 1.35 bits per heavy atom. The Bertz CT molecular complexity index is 560. The minimum Gasteiger partial charge on any atom is -0.435 e. The van der Waals surface area contributed by atoms with Crippen molar-refractivity contribution >= 4 is 22.2 Å². The van der Waals surface area contributed by atoms with Crippen molar-refractivity contribution in [1.82, 2.24) is 4.98 Å². The monoisotopic (exact) mass is 295 g/mol. The van der Waals surface area contributed by atoms with Crippen LogP contribution in [0.5, 0.6) is 11.6 Å². The summed E-state index contributed by atoms with van der Waals surface area (Å²) < 4.78 is 19.4. The molecule has 1 aromatic heterocycles. The Labute approximate surface area is 105 Å². The third-order valence-corrected chi connectivity index (χ3v) is 2.52. The van der Waals surface area contributed by atoms with Gasteiger partial charge in [0, 0.05) is 10.7 Å². The number of ether oxygens (including phenoxy) is 1. The first kappa shape index (κ1) is 11.7. The van der Waals surface area contributed by atoms with Gasteiger partial charge in [-0.1, -0.05) is 15.9 Å². The molecule has 17 heavy (non-hydrogen) atoms. The van der Waals surface area contributed by atoms with Crippen LogP contribution in [0.15, 0.2) is 41.0 Å². The number of halogens is 2. The highest BCUT2D eigenvalue weighted by molar-refractivity contribution is 9.10. The van der Waals surface area contributed by atoms with Crippen molar-refractivity contribution in [3.05, 3.63) is 52.4 Å². The minimum atomic E-state index is -0.526. The van der Waals surface area contributed by atoms with E-state index in [0.717, 1.165) is 0 Å². The van der Waals surface area contributed by atoms with Crippen molar-refractivity contribution in [2.75, 3.05) is 0 Å². The van der Waals surface area contributed by atoms with E-state index in [9.17, 15) is 9.18 Å². The first-order valence-electron chi connectivity index (χ1n) is 4.74. The van der Waals surface area contributed by atoms with Crippen LogP contribution in [-0.2, 0) is 0 Å². The molecule has 5 heteroatoms. The number of hydrogen-bond donors (Lipinski definition) is 0. The van der Waals surface area contributed by atoms with Crippen LogP contribution in [0.4, 0.5) is 4.39 Å². The summed E-state index contributed by atoms with van der Waals surface area (Å²) in [6, 6.07) is 7.53. The average Bonchev–Trinajstić information content (AvgIpc) is 2.33. The van der Waals surface area contributed by atoms with E-state index < -0.39 is 5.82 Å². The van der Waals surface area contributed by atoms with E-state index in [4.69, 9.17) is 4.74 Å². The molecule has 0 saturated heterocycles. The van der Waals surface area contributed by atoms with Crippen LogP contribution in [0.2, 0.25) is 0 Å². The zero-order chi connectivity index (χ0) is 12.3. The minimum absolute atomic E-state index is 0.0231. The topological polar surface area (TPSA) is 39.2 Å². The maximum Gasteiger partial charge on any atom is 0.229 e. The lowest BCUT2D eigenvalue weighted by molar-refractivity contribution is 0.112. The van der Waals surface area contributed by atoms with Gasteiger partial charge in [-0.25, -0.2) is 9.37 Å². The van der Waals surface area contributed by atoms with Gasteiger partial charge in [-0.05, 0) is 30.3 Å². The fourth-order valence-electron chi connectivity index (χ4n) is 1.24. The molecular weight excluding hydrogens is 289 g/mol. The van der Waals surface area contributed by atoms with E-state index in [1.165, 1.54) is 18.3 Å². The predicted molar refractivity (Wildman–Crippen MR) is 63.8 cm³/mol. The number of hydrogen-bond acceptors (Lipinski definition) is 3. The second-order valence-corrected chi connectivity index (χ2v) is 4.11. The van der Waals surface area contributed by atoms with Crippen LogP contribution >= 0.6 is 15.9 Å². The van der Waals surface area contributed by atoms with Crippen LogP contribution in [-0.4, -0.2) is 11.3 Å². The zero-order valence-electron chi connectivity index (χ0n) is 8.56. The second kappa shape index (κ2) is 5.05. The third-order valence-electron chi connectivity index (χ3n) is 2.03. The van der Waals surface area contributed by atoms with Gasteiger partial charge in [-0.2, -0.15) is 0 Å². The van der Waals surface area contributed by atoms with Crippen LogP contribution < -0.4 is 4.74 Å². The molecule has 0 unspecified atom stereocenters. The summed E-state index contributed by atoms with van der Waals surface area (Å²) in [4.78, 5) is 14.6. The molecule has 0 N–H and O–H groups in total. The zero-order valence-corrected chi connectivity index (χ0v) is 10.1. The molecule has 2 rings (SSSR count). The predicted octanol–water partition coefficient (Wildman–Crippen LogP) is 3.59. The Morgan fingerprint density at radius 2 is 2.18 bits per heavy atom. The maximum atomic E-state index is 13.5. The van der Waals surface area contributed by atoms with Gasteiger partial charge < -0.3 is 4.74 Å². The van der Waals surface area contributed by atoms with Crippen LogP contribution in [0.25, 0.3) is 0 Å². The Balaban J connectivity index is 2.34. The van der Waals surface area contributed by atoms with E-state index in [2.05, 4.69) is 20.9 Å². The third kappa shape index (κ3) is 2.68. The molecule has 0 atom stereocenters. The Kier molecular flexibility index (Phi) is 3.49. The summed E-state index contributed by atoms with van der Waals surface area (Å²) in [5, 5.41) is 0. The molecule has 0 fully saturated rings. The molecule has 0 aliphatic carbocycles. The van der Waals surface area contributed by atoms with Crippen LogP contribution in [0.1, 0.15) is 10.4 Å². The number of pyridine rings is 1. The molecule has 0 aliphatic heterocycles. The molecule has 0 amide bonds. The number of carbonyl (C=O) groups is 1. The van der Waals surface area contributed by atoms with Gasteiger partial charge >= 0.3 is 0 Å². The molecule has 0 radical (unpaired) electrons. The molecule has 2 aromatic rings. The average molecular weight is 296 g/mol.